The molecule has 0 bridgehead atoms. The van der Waals surface area contributed by atoms with Crippen LogP contribution >= 0.6 is 11.8 Å². The van der Waals surface area contributed by atoms with Gasteiger partial charge in [0.05, 0.1) is 11.3 Å². The highest BCUT2D eigenvalue weighted by Crippen LogP contribution is 2.21. The Kier molecular flexibility index (Phi) is 3.96. The summed E-state index contributed by atoms with van der Waals surface area (Å²) < 4.78 is 0. The molecule has 5 heteroatoms. The van der Waals surface area contributed by atoms with Crippen molar-refractivity contribution in [2.45, 2.75) is 0 Å². The summed E-state index contributed by atoms with van der Waals surface area (Å²) in [6, 6.07) is 6.87. The van der Waals surface area contributed by atoms with Gasteiger partial charge in [-0.15, -0.1) is 0 Å². The quantitative estimate of drug-likeness (QED) is 0.592. The number of aliphatic imine (C=N–C) groups is 1. The molecule has 0 unspecified atom stereocenters. The zero-order valence-corrected chi connectivity index (χ0v) is 10.1. The van der Waals surface area contributed by atoms with Crippen LogP contribution in [0.4, 0.5) is 5.69 Å². The Balaban J connectivity index is 2.26. The van der Waals surface area contributed by atoms with Crippen LogP contribution in [0.5, 0.6) is 0 Å². The molecule has 17 heavy (non-hydrogen) atoms. The first-order valence-corrected chi connectivity index (χ1v) is 6.52. The van der Waals surface area contributed by atoms with Crippen LogP contribution in [0.3, 0.4) is 0 Å². The molecule has 88 valence electrons. The largest absolute Gasteiger partial charge is 0.337 e. The summed E-state index contributed by atoms with van der Waals surface area (Å²) in [5.74, 6) is 1.87. The van der Waals surface area contributed by atoms with Crippen molar-refractivity contribution in [3.8, 4) is 0 Å². The molecule has 4 nitrogen and oxygen atoms in total. The monoisotopic (exact) mass is 248 g/mol. The zero-order chi connectivity index (χ0) is 12.1. The topological polar surface area (TPSA) is 49.7 Å². The van der Waals surface area contributed by atoms with E-state index in [4.69, 9.17) is 0 Å². The standard InChI is InChI=1S/C12H12N2O2S/c15-9-13-11-4-2-1-3-10(11)12(16)14-5-7-17-8-6-14/h1-4H,5-8H2. The van der Waals surface area contributed by atoms with Gasteiger partial charge in [0.25, 0.3) is 5.91 Å². The van der Waals surface area contributed by atoms with E-state index in [9.17, 15) is 9.59 Å². The van der Waals surface area contributed by atoms with Crippen molar-refractivity contribution in [2.75, 3.05) is 24.6 Å². The Bertz CT molecular complexity index is 463. The summed E-state index contributed by atoms with van der Waals surface area (Å²) in [5.41, 5.74) is 0.869. The number of carbonyl (C=O) groups is 1. The molecule has 2 rings (SSSR count). The third kappa shape index (κ3) is 2.75. The Morgan fingerprint density at radius 1 is 1.29 bits per heavy atom. The van der Waals surface area contributed by atoms with Crippen LogP contribution in [0, 0.1) is 0 Å². The van der Waals surface area contributed by atoms with Gasteiger partial charge in [-0.25, -0.2) is 4.79 Å². The maximum absolute atomic E-state index is 12.2. The van der Waals surface area contributed by atoms with Crippen LogP contribution in [-0.4, -0.2) is 41.5 Å². The van der Waals surface area contributed by atoms with E-state index in [2.05, 4.69) is 4.99 Å². The number of isocyanates is 1. The van der Waals surface area contributed by atoms with Crippen LogP contribution in [0.2, 0.25) is 0 Å². The molecule has 0 atom stereocenters. The van der Waals surface area contributed by atoms with E-state index < -0.39 is 0 Å². The van der Waals surface area contributed by atoms with Gasteiger partial charge in [0.2, 0.25) is 6.08 Å². The Labute approximate surface area is 104 Å². The van der Waals surface area contributed by atoms with Crippen LogP contribution in [0.15, 0.2) is 29.3 Å². The van der Waals surface area contributed by atoms with Crippen molar-refractivity contribution in [3.63, 3.8) is 0 Å². The van der Waals surface area contributed by atoms with E-state index in [1.54, 1.807) is 29.2 Å². The van der Waals surface area contributed by atoms with E-state index in [-0.39, 0.29) is 5.91 Å². The van der Waals surface area contributed by atoms with Crippen molar-refractivity contribution in [2.24, 2.45) is 4.99 Å². The van der Waals surface area contributed by atoms with Gasteiger partial charge >= 0.3 is 0 Å². The number of para-hydroxylation sites is 1. The molecule has 0 N–H and O–H groups in total. The van der Waals surface area contributed by atoms with E-state index in [1.807, 2.05) is 11.8 Å². The molecule has 1 aliphatic rings. The van der Waals surface area contributed by atoms with Gasteiger partial charge in [0, 0.05) is 24.6 Å². The highest BCUT2D eigenvalue weighted by Gasteiger charge is 2.20. The molecular formula is C12H12N2O2S. The SMILES string of the molecule is O=C=Nc1ccccc1C(=O)N1CCSCC1. The lowest BCUT2D eigenvalue weighted by Gasteiger charge is -2.26. The smallest absolute Gasteiger partial charge is 0.256 e. The van der Waals surface area contributed by atoms with E-state index in [0.717, 1.165) is 24.6 Å². The van der Waals surface area contributed by atoms with Crippen molar-refractivity contribution in [3.05, 3.63) is 29.8 Å². The number of carbonyl (C=O) groups excluding carboxylic acids is 2. The van der Waals surface area contributed by atoms with Crippen molar-refractivity contribution in [1.82, 2.24) is 4.90 Å². The van der Waals surface area contributed by atoms with Crippen molar-refractivity contribution < 1.29 is 9.59 Å². The number of hydrogen-bond acceptors (Lipinski definition) is 4. The summed E-state index contributed by atoms with van der Waals surface area (Å²) in [7, 11) is 0. The average Bonchev–Trinajstić information content (AvgIpc) is 2.40. The maximum atomic E-state index is 12.2. The predicted octanol–water partition coefficient (Wildman–Crippen LogP) is 1.84. The third-order valence-corrected chi connectivity index (χ3v) is 3.54. The van der Waals surface area contributed by atoms with Crippen molar-refractivity contribution >= 4 is 29.4 Å². The summed E-state index contributed by atoms with van der Waals surface area (Å²) in [6.07, 6.45) is 1.48. The third-order valence-electron chi connectivity index (χ3n) is 2.60. The molecule has 1 aliphatic heterocycles. The fourth-order valence-corrected chi connectivity index (χ4v) is 2.64. The lowest BCUT2D eigenvalue weighted by Crippen LogP contribution is -2.37. The molecular weight excluding hydrogens is 236 g/mol. The van der Waals surface area contributed by atoms with Gasteiger partial charge < -0.3 is 4.90 Å². The highest BCUT2D eigenvalue weighted by atomic mass is 32.2. The number of thioether (sulfide) groups is 1. The normalized spacial score (nSPS) is 15.2. The van der Waals surface area contributed by atoms with Crippen LogP contribution < -0.4 is 0 Å². The maximum Gasteiger partial charge on any atom is 0.256 e. The summed E-state index contributed by atoms with van der Waals surface area (Å²) >= 11 is 1.85. The van der Waals surface area contributed by atoms with Gasteiger partial charge in [-0.2, -0.15) is 16.8 Å². The molecule has 1 fully saturated rings. The Morgan fingerprint density at radius 2 is 2.00 bits per heavy atom. The summed E-state index contributed by atoms with van der Waals surface area (Å²) in [6.45, 7) is 1.51. The van der Waals surface area contributed by atoms with Gasteiger partial charge in [-0.05, 0) is 12.1 Å². The number of hydrogen-bond donors (Lipinski definition) is 0. The Hall–Kier alpha value is -1.58. The van der Waals surface area contributed by atoms with E-state index in [1.165, 1.54) is 6.08 Å². The highest BCUT2D eigenvalue weighted by molar-refractivity contribution is 7.99. The van der Waals surface area contributed by atoms with Gasteiger partial charge in [0.15, 0.2) is 0 Å². The van der Waals surface area contributed by atoms with Crippen molar-refractivity contribution in [1.29, 1.82) is 0 Å². The van der Waals surface area contributed by atoms with Gasteiger partial charge in [0.1, 0.15) is 0 Å². The molecule has 0 saturated carbocycles. The second-order valence-electron chi connectivity index (χ2n) is 3.62. The lowest BCUT2D eigenvalue weighted by atomic mass is 10.1. The molecule has 1 heterocycles. The first kappa shape index (κ1) is 11.9. The van der Waals surface area contributed by atoms with Gasteiger partial charge in [-0.3, -0.25) is 4.79 Å². The molecule has 0 radical (unpaired) electrons. The summed E-state index contributed by atoms with van der Waals surface area (Å²) in [4.78, 5) is 27.9. The van der Waals surface area contributed by atoms with Crippen LogP contribution in [0.1, 0.15) is 10.4 Å². The molecule has 0 aromatic heterocycles. The second kappa shape index (κ2) is 5.66. The summed E-state index contributed by atoms with van der Waals surface area (Å²) in [5, 5.41) is 0. The molecule has 0 aliphatic carbocycles. The first-order chi connectivity index (χ1) is 8.33. The number of amides is 1. The first-order valence-electron chi connectivity index (χ1n) is 5.37. The number of rotatable bonds is 2. The molecule has 1 amide bonds. The van der Waals surface area contributed by atoms with Crippen LogP contribution in [-0.2, 0) is 4.79 Å². The van der Waals surface area contributed by atoms with E-state index in [0.29, 0.717) is 11.3 Å². The number of nitrogens with zero attached hydrogens (tertiary/aromatic N) is 2. The molecule has 1 aromatic rings. The predicted molar refractivity (Wildman–Crippen MR) is 67.5 cm³/mol. The minimum absolute atomic E-state index is 0.0556. The Morgan fingerprint density at radius 3 is 2.71 bits per heavy atom. The minimum Gasteiger partial charge on any atom is -0.337 e. The fraction of sp³-hybridized carbons (Fsp3) is 0.333. The fourth-order valence-electron chi connectivity index (χ4n) is 1.74. The molecule has 0 spiro atoms. The zero-order valence-electron chi connectivity index (χ0n) is 9.26. The minimum atomic E-state index is -0.0556. The molecule has 1 aromatic carbocycles. The number of benzene rings is 1. The van der Waals surface area contributed by atoms with Gasteiger partial charge in [-0.1, -0.05) is 12.1 Å². The van der Waals surface area contributed by atoms with Crippen LogP contribution in [0.25, 0.3) is 0 Å². The lowest BCUT2D eigenvalue weighted by molar-refractivity contribution is 0.0773. The molecule has 1 saturated heterocycles. The second-order valence-corrected chi connectivity index (χ2v) is 4.85. The average molecular weight is 248 g/mol. The van der Waals surface area contributed by atoms with E-state index >= 15 is 0 Å².